The number of piperidine rings is 1. The molecule has 1 atom stereocenters. The number of carbonyl (C=O) groups is 1. The third-order valence-electron chi connectivity index (χ3n) is 3.81. The quantitative estimate of drug-likeness (QED) is 0.897. The maximum Gasteiger partial charge on any atom is 0.387 e. The number of alkyl halides is 2. The van der Waals surface area contributed by atoms with Gasteiger partial charge in [-0.2, -0.15) is 8.78 Å². The van der Waals surface area contributed by atoms with Gasteiger partial charge in [0.25, 0.3) is 0 Å². The first-order valence-electron chi connectivity index (χ1n) is 7.08. The fourth-order valence-corrected chi connectivity index (χ4v) is 2.64. The van der Waals surface area contributed by atoms with E-state index in [4.69, 9.17) is 0 Å². The Morgan fingerprint density at radius 3 is 2.77 bits per heavy atom. The van der Waals surface area contributed by atoms with Crippen molar-refractivity contribution in [1.29, 1.82) is 0 Å². The molecular formula is C15H19F3N2O2. The van der Waals surface area contributed by atoms with Crippen molar-refractivity contribution in [2.75, 3.05) is 11.9 Å². The van der Waals surface area contributed by atoms with E-state index >= 15 is 0 Å². The SMILES string of the molecule is CC1(C)CCCNC1C(=O)Nc1ccc(OC(F)F)c(F)c1. The fraction of sp³-hybridized carbons (Fsp3) is 0.533. The van der Waals surface area contributed by atoms with Gasteiger partial charge in [0.15, 0.2) is 11.6 Å². The van der Waals surface area contributed by atoms with Gasteiger partial charge in [0.2, 0.25) is 5.91 Å². The number of hydrogen-bond acceptors (Lipinski definition) is 3. The van der Waals surface area contributed by atoms with E-state index < -0.39 is 18.2 Å². The molecule has 0 aromatic heterocycles. The number of hydrogen-bond donors (Lipinski definition) is 2. The molecular weight excluding hydrogens is 297 g/mol. The van der Waals surface area contributed by atoms with Crippen LogP contribution in [0.4, 0.5) is 18.9 Å². The first-order valence-corrected chi connectivity index (χ1v) is 7.08. The third-order valence-corrected chi connectivity index (χ3v) is 3.81. The molecule has 1 aliphatic heterocycles. The van der Waals surface area contributed by atoms with E-state index in [1.165, 1.54) is 6.07 Å². The van der Waals surface area contributed by atoms with Crippen LogP contribution >= 0.6 is 0 Å². The summed E-state index contributed by atoms with van der Waals surface area (Å²) in [6, 6.07) is 2.97. The number of benzene rings is 1. The van der Waals surface area contributed by atoms with Crippen LogP contribution in [0.1, 0.15) is 26.7 Å². The highest BCUT2D eigenvalue weighted by Gasteiger charge is 2.37. The lowest BCUT2D eigenvalue weighted by atomic mass is 9.77. The number of halogens is 3. The normalized spacial score (nSPS) is 20.7. The fourth-order valence-electron chi connectivity index (χ4n) is 2.64. The zero-order valence-corrected chi connectivity index (χ0v) is 12.5. The molecule has 2 N–H and O–H groups in total. The van der Waals surface area contributed by atoms with E-state index in [1.807, 2.05) is 13.8 Å². The summed E-state index contributed by atoms with van der Waals surface area (Å²) in [5.74, 6) is -1.77. The molecule has 0 saturated carbocycles. The molecule has 0 spiro atoms. The lowest BCUT2D eigenvalue weighted by Gasteiger charge is -2.38. The van der Waals surface area contributed by atoms with Crippen molar-refractivity contribution in [3.05, 3.63) is 24.0 Å². The summed E-state index contributed by atoms with van der Waals surface area (Å²) in [5, 5.41) is 5.76. The predicted molar refractivity (Wildman–Crippen MR) is 76.5 cm³/mol. The Kier molecular flexibility index (Phi) is 4.95. The second-order valence-corrected chi connectivity index (χ2v) is 5.99. The van der Waals surface area contributed by atoms with Crippen molar-refractivity contribution in [2.24, 2.45) is 5.41 Å². The van der Waals surface area contributed by atoms with Gasteiger partial charge in [-0.25, -0.2) is 4.39 Å². The molecule has 0 radical (unpaired) electrons. The molecule has 1 fully saturated rings. The summed E-state index contributed by atoms with van der Waals surface area (Å²) in [4.78, 5) is 12.3. The Morgan fingerprint density at radius 1 is 1.45 bits per heavy atom. The van der Waals surface area contributed by atoms with Crippen LogP contribution in [0.3, 0.4) is 0 Å². The van der Waals surface area contributed by atoms with Gasteiger partial charge < -0.3 is 15.4 Å². The summed E-state index contributed by atoms with van der Waals surface area (Å²) < 4.78 is 41.8. The van der Waals surface area contributed by atoms with Gasteiger partial charge in [0.1, 0.15) is 0 Å². The van der Waals surface area contributed by atoms with Crippen LogP contribution in [-0.4, -0.2) is 25.1 Å². The maximum atomic E-state index is 13.6. The number of amides is 1. The van der Waals surface area contributed by atoms with Gasteiger partial charge in [-0.15, -0.1) is 0 Å². The molecule has 1 heterocycles. The van der Waals surface area contributed by atoms with Crippen molar-refractivity contribution < 1.29 is 22.7 Å². The van der Waals surface area contributed by atoms with Gasteiger partial charge in [-0.3, -0.25) is 4.79 Å². The third kappa shape index (κ3) is 3.91. The Bertz CT molecular complexity index is 550. The van der Waals surface area contributed by atoms with Crippen LogP contribution in [0, 0.1) is 11.2 Å². The van der Waals surface area contributed by atoms with Crippen LogP contribution in [0.15, 0.2) is 18.2 Å². The van der Waals surface area contributed by atoms with Gasteiger partial charge in [-0.05, 0) is 36.9 Å². The van der Waals surface area contributed by atoms with Crippen molar-refractivity contribution in [2.45, 2.75) is 39.3 Å². The Hall–Kier alpha value is -1.76. The van der Waals surface area contributed by atoms with Crippen LogP contribution < -0.4 is 15.4 Å². The standard InChI is InChI=1S/C15H19F3N2O2/c1-15(2)6-3-7-19-12(15)13(21)20-9-4-5-11(10(16)8-9)22-14(17)18/h4-5,8,12,14,19H,3,6-7H2,1-2H3,(H,20,21). The monoisotopic (exact) mass is 316 g/mol. The van der Waals surface area contributed by atoms with Gasteiger partial charge in [-0.1, -0.05) is 13.8 Å². The number of nitrogens with one attached hydrogen (secondary N) is 2. The van der Waals surface area contributed by atoms with Crippen molar-refractivity contribution >= 4 is 11.6 Å². The maximum absolute atomic E-state index is 13.6. The lowest BCUT2D eigenvalue weighted by Crippen LogP contribution is -2.53. The Morgan fingerprint density at radius 2 is 2.18 bits per heavy atom. The summed E-state index contributed by atoms with van der Waals surface area (Å²) in [7, 11) is 0. The summed E-state index contributed by atoms with van der Waals surface area (Å²) in [6.07, 6.45) is 1.90. The highest BCUT2D eigenvalue weighted by atomic mass is 19.3. The summed E-state index contributed by atoms with van der Waals surface area (Å²) in [6.45, 7) is 1.63. The van der Waals surface area contributed by atoms with E-state index in [0.29, 0.717) is 0 Å². The number of carbonyl (C=O) groups excluding carboxylic acids is 1. The topological polar surface area (TPSA) is 50.4 Å². The second kappa shape index (κ2) is 6.56. The molecule has 1 amide bonds. The molecule has 1 aromatic carbocycles. The predicted octanol–water partition coefficient (Wildman–Crippen LogP) is 3.14. The van der Waals surface area contributed by atoms with E-state index in [2.05, 4.69) is 15.4 Å². The molecule has 22 heavy (non-hydrogen) atoms. The highest BCUT2D eigenvalue weighted by Crippen LogP contribution is 2.31. The summed E-state index contributed by atoms with van der Waals surface area (Å²) >= 11 is 0. The minimum Gasteiger partial charge on any atom is -0.432 e. The van der Waals surface area contributed by atoms with E-state index in [1.54, 1.807) is 0 Å². The van der Waals surface area contributed by atoms with E-state index in [0.717, 1.165) is 31.5 Å². The molecule has 0 aliphatic carbocycles. The first-order chi connectivity index (χ1) is 10.3. The minimum absolute atomic E-state index is 0.201. The van der Waals surface area contributed by atoms with Crippen LogP contribution in [0.5, 0.6) is 5.75 Å². The van der Waals surface area contributed by atoms with Crippen molar-refractivity contribution in [3.63, 3.8) is 0 Å². The average Bonchev–Trinajstić information content (AvgIpc) is 2.40. The molecule has 1 unspecified atom stereocenters. The number of ether oxygens (including phenoxy) is 1. The summed E-state index contributed by atoms with van der Waals surface area (Å²) in [5.41, 5.74) is -0.00753. The molecule has 122 valence electrons. The zero-order chi connectivity index (χ0) is 16.3. The zero-order valence-electron chi connectivity index (χ0n) is 12.5. The molecule has 0 bridgehead atoms. The largest absolute Gasteiger partial charge is 0.432 e. The molecule has 1 aromatic rings. The van der Waals surface area contributed by atoms with Crippen molar-refractivity contribution in [3.8, 4) is 5.75 Å². The second-order valence-electron chi connectivity index (χ2n) is 5.99. The minimum atomic E-state index is -3.10. The molecule has 7 heteroatoms. The van der Waals surface area contributed by atoms with E-state index in [-0.39, 0.29) is 23.1 Å². The average molecular weight is 316 g/mol. The van der Waals surface area contributed by atoms with Crippen LogP contribution in [-0.2, 0) is 4.79 Å². The number of anilines is 1. The van der Waals surface area contributed by atoms with Crippen LogP contribution in [0.25, 0.3) is 0 Å². The molecule has 1 aliphatic rings. The molecule has 4 nitrogen and oxygen atoms in total. The van der Waals surface area contributed by atoms with Gasteiger partial charge >= 0.3 is 6.61 Å². The van der Waals surface area contributed by atoms with Crippen molar-refractivity contribution in [1.82, 2.24) is 5.32 Å². The smallest absolute Gasteiger partial charge is 0.387 e. The molecule has 2 rings (SSSR count). The number of rotatable bonds is 4. The molecule has 1 saturated heterocycles. The highest BCUT2D eigenvalue weighted by molar-refractivity contribution is 5.95. The van der Waals surface area contributed by atoms with E-state index in [9.17, 15) is 18.0 Å². The Labute approximate surface area is 127 Å². The van der Waals surface area contributed by atoms with Gasteiger partial charge in [0, 0.05) is 11.8 Å². The Balaban J connectivity index is 2.07. The first kappa shape index (κ1) is 16.6. The lowest BCUT2D eigenvalue weighted by molar-refractivity contribution is -0.121. The van der Waals surface area contributed by atoms with Gasteiger partial charge in [0.05, 0.1) is 6.04 Å². The van der Waals surface area contributed by atoms with Crippen LogP contribution in [0.2, 0.25) is 0 Å².